The van der Waals surface area contributed by atoms with Crippen molar-refractivity contribution in [2.75, 3.05) is 0 Å². The summed E-state index contributed by atoms with van der Waals surface area (Å²) in [6.45, 7) is 0. The molecule has 0 fully saturated rings. The zero-order valence-corrected chi connectivity index (χ0v) is 14.8. The number of hydrogen-bond acceptors (Lipinski definition) is 4. The second-order valence-electron chi connectivity index (χ2n) is 6.05. The summed E-state index contributed by atoms with van der Waals surface area (Å²) < 4.78 is 0. The highest BCUT2D eigenvalue weighted by Crippen LogP contribution is 2.19. The van der Waals surface area contributed by atoms with Gasteiger partial charge in [0.1, 0.15) is 0 Å². The van der Waals surface area contributed by atoms with Crippen LogP contribution in [0.1, 0.15) is 15.9 Å². The van der Waals surface area contributed by atoms with Crippen LogP contribution in [0.5, 0.6) is 0 Å². The average molecular weight is 375 g/mol. The molecule has 3 rings (SSSR count). The molecule has 28 heavy (non-hydrogen) atoms. The maximum absolute atomic E-state index is 12.0. The number of hydrogen-bond donors (Lipinski definition) is 2. The first-order valence-corrected chi connectivity index (χ1v) is 8.51. The Morgan fingerprint density at radius 3 is 2.00 bits per heavy atom. The Bertz CT molecular complexity index is 984. The van der Waals surface area contributed by atoms with Crippen molar-refractivity contribution in [2.45, 2.75) is 6.42 Å². The van der Waals surface area contributed by atoms with Crippen molar-refractivity contribution in [1.82, 2.24) is 10.9 Å². The van der Waals surface area contributed by atoms with Gasteiger partial charge in [-0.25, -0.2) is 0 Å². The molecule has 0 radical (unpaired) electrons. The summed E-state index contributed by atoms with van der Waals surface area (Å²) in [6.07, 6.45) is 0.107. The van der Waals surface area contributed by atoms with Crippen molar-refractivity contribution in [1.29, 1.82) is 0 Å². The predicted octanol–water partition coefficient (Wildman–Crippen LogP) is 3.27. The van der Waals surface area contributed by atoms with Crippen LogP contribution in [0.2, 0.25) is 0 Å². The summed E-state index contributed by atoms with van der Waals surface area (Å²) in [4.78, 5) is 34.1. The Hall–Kier alpha value is -4.00. The van der Waals surface area contributed by atoms with E-state index in [4.69, 9.17) is 0 Å². The zero-order chi connectivity index (χ0) is 19.9. The van der Waals surface area contributed by atoms with Gasteiger partial charge in [0.25, 0.3) is 11.6 Å². The van der Waals surface area contributed by atoms with E-state index in [1.54, 1.807) is 0 Å². The minimum absolute atomic E-state index is 0.107. The molecule has 0 aliphatic rings. The molecule has 0 atom stereocenters. The number of nitro groups is 1. The highest BCUT2D eigenvalue weighted by atomic mass is 16.6. The molecule has 140 valence electrons. The van der Waals surface area contributed by atoms with Crippen molar-refractivity contribution in [3.8, 4) is 11.1 Å². The quantitative estimate of drug-likeness (QED) is 0.528. The standard InChI is InChI=1S/C21H17N3O4/c25-20(22-23-21(26)18-10-12-19(13-11-18)24(27)28)14-15-6-8-17(9-7-15)16-4-2-1-3-5-16/h1-13H,14H2,(H,22,25)(H,23,26). The van der Waals surface area contributed by atoms with E-state index in [0.717, 1.165) is 16.7 Å². The first-order chi connectivity index (χ1) is 13.5. The van der Waals surface area contributed by atoms with E-state index < -0.39 is 10.8 Å². The molecule has 0 saturated heterocycles. The zero-order valence-electron chi connectivity index (χ0n) is 14.8. The Morgan fingerprint density at radius 1 is 0.786 bits per heavy atom. The molecular formula is C21H17N3O4. The van der Waals surface area contributed by atoms with Gasteiger partial charge < -0.3 is 0 Å². The first-order valence-electron chi connectivity index (χ1n) is 8.51. The maximum atomic E-state index is 12.0. The lowest BCUT2D eigenvalue weighted by Crippen LogP contribution is -2.42. The van der Waals surface area contributed by atoms with Gasteiger partial charge in [0.05, 0.1) is 11.3 Å². The molecule has 0 unspecified atom stereocenters. The molecule has 2 amide bonds. The van der Waals surface area contributed by atoms with Gasteiger partial charge in [0.15, 0.2) is 0 Å². The number of nitrogens with one attached hydrogen (secondary N) is 2. The van der Waals surface area contributed by atoms with Gasteiger partial charge in [0, 0.05) is 17.7 Å². The van der Waals surface area contributed by atoms with Crippen molar-refractivity contribution in [2.24, 2.45) is 0 Å². The number of hydrazine groups is 1. The molecule has 7 heteroatoms. The van der Waals surface area contributed by atoms with Gasteiger partial charge in [-0.1, -0.05) is 54.6 Å². The van der Waals surface area contributed by atoms with Gasteiger partial charge in [-0.2, -0.15) is 0 Å². The third-order valence-corrected chi connectivity index (χ3v) is 4.08. The van der Waals surface area contributed by atoms with Gasteiger partial charge >= 0.3 is 0 Å². The lowest BCUT2D eigenvalue weighted by Gasteiger charge is -2.08. The van der Waals surface area contributed by atoms with Crippen LogP contribution in [0.25, 0.3) is 11.1 Å². The fraction of sp³-hybridized carbons (Fsp3) is 0.0476. The summed E-state index contributed by atoms with van der Waals surface area (Å²) in [5.41, 5.74) is 7.68. The molecule has 7 nitrogen and oxygen atoms in total. The van der Waals surface area contributed by atoms with Gasteiger partial charge in [-0.3, -0.25) is 30.6 Å². The third kappa shape index (κ3) is 4.79. The largest absolute Gasteiger partial charge is 0.273 e. The molecular weight excluding hydrogens is 358 g/mol. The summed E-state index contributed by atoms with van der Waals surface area (Å²) in [5, 5.41) is 10.6. The number of nitrogens with zero attached hydrogens (tertiary/aromatic N) is 1. The van der Waals surface area contributed by atoms with E-state index in [1.807, 2.05) is 54.6 Å². The molecule has 0 spiro atoms. The highest BCUT2D eigenvalue weighted by molar-refractivity contribution is 5.95. The molecule has 2 N–H and O–H groups in total. The Morgan fingerprint density at radius 2 is 1.39 bits per heavy atom. The van der Waals surface area contributed by atoms with Crippen molar-refractivity contribution in [3.63, 3.8) is 0 Å². The number of carbonyl (C=O) groups excluding carboxylic acids is 2. The fourth-order valence-electron chi connectivity index (χ4n) is 2.61. The average Bonchev–Trinajstić information content (AvgIpc) is 2.73. The molecule has 0 aliphatic carbocycles. The fourth-order valence-corrected chi connectivity index (χ4v) is 2.61. The summed E-state index contributed by atoms with van der Waals surface area (Å²) in [5.74, 6) is -0.926. The van der Waals surface area contributed by atoms with Crippen molar-refractivity contribution >= 4 is 17.5 Å². The topological polar surface area (TPSA) is 101 Å². The third-order valence-electron chi connectivity index (χ3n) is 4.08. The second kappa shape index (κ2) is 8.59. The molecule has 3 aromatic rings. The van der Waals surface area contributed by atoms with E-state index in [-0.39, 0.29) is 23.6 Å². The summed E-state index contributed by atoms with van der Waals surface area (Å²) >= 11 is 0. The van der Waals surface area contributed by atoms with E-state index in [1.165, 1.54) is 24.3 Å². The molecule has 0 aromatic heterocycles. The second-order valence-corrected chi connectivity index (χ2v) is 6.05. The van der Waals surface area contributed by atoms with E-state index in [9.17, 15) is 19.7 Å². The molecule has 3 aromatic carbocycles. The number of carbonyl (C=O) groups is 2. The van der Waals surface area contributed by atoms with Crippen molar-refractivity contribution < 1.29 is 14.5 Å². The SMILES string of the molecule is O=C(Cc1ccc(-c2ccccc2)cc1)NNC(=O)c1ccc([N+](=O)[O-])cc1. The van der Waals surface area contributed by atoms with Crippen LogP contribution in [0, 0.1) is 10.1 Å². The summed E-state index contributed by atoms with van der Waals surface area (Å²) in [6, 6.07) is 22.6. The van der Waals surface area contributed by atoms with E-state index in [0.29, 0.717) is 0 Å². The molecule has 0 aliphatic heterocycles. The lowest BCUT2D eigenvalue weighted by molar-refractivity contribution is -0.384. The Kier molecular flexibility index (Phi) is 5.76. The Labute approximate surface area is 161 Å². The van der Waals surface area contributed by atoms with Crippen LogP contribution in [0.15, 0.2) is 78.9 Å². The smallest absolute Gasteiger partial charge is 0.269 e. The van der Waals surface area contributed by atoms with Crippen LogP contribution >= 0.6 is 0 Å². The van der Waals surface area contributed by atoms with Crippen molar-refractivity contribution in [3.05, 3.63) is 100 Å². The number of non-ortho nitro benzene ring substituents is 1. The number of nitro benzene ring substituents is 1. The monoisotopic (exact) mass is 375 g/mol. The normalized spacial score (nSPS) is 10.1. The molecule has 0 saturated carbocycles. The minimum atomic E-state index is -0.553. The van der Waals surface area contributed by atoms with Crippen LogP contribution in [-0.4, -0.2) is 16.7 Å². The maximum Gasteiger partial charge on any atom is 0.269 e. The number of benzene rings is 3. The van der Waals surface area contributed by atoms with Gasteiger partial charge in [0.2, 0.25) is 5.91 Å². The molecule has 0 bridgehead atoms. The van der Waals surface area contributed by atoms with Crippen LogP contribution in [-0.2, 0) is 11.2 Å². The van der Waals surface area contributed by atoms with Gasteiger partial charge in [-0.15, -0.1) is 0 Å². The highest BCUT2D eigenvalue weighted by Gasteiger charge is 2.11. The van der Waals surface area contributed by atoms with E-state index in [2.05, 4.69) is 10.9 Å². The first kappa shape index (κ1) is 18.8. The molecule has 0 heterocycles. The summed E-state index contributed by atoms with van der Waals surface area (Å²) in [7, 11) is 0. The van der Waals surface area contributed by atoms with Crippen LogP contribution in [0.3, 0.4) is 0 Å². The lowest BCUT2D eigenvalue weighted by atomic mass is 10.0. The van der Waals surface area contributed by atoms with Crippen LogP contribution < -0.4 is 10.9 Å². The van der Waals surface area contributed by atoms with E-state index >= 15 is 0 Å². The number of rotatable bonds is 5. The van der Waals surface area contributed by atoms with Crippen LogP contribution in [0.4, 0.5) is 5.69 Å². The Balaban J connectivity index is 1.52. The van der Waals surface area contributed by atoms with Gasteiger partial charge in [-0.05, 0) is 28.8 Å². The minimum Gasteiger partial charge on any atom is -0.273 e. The predicted molar refractivity (Wildman–Crippen MR) is 104 cm³/mol. The number of amides is 2.